The maximum absolute atomic E-state index is 12.1. The topological polar surface area (TPSA) is 71.5 Å². The SMILES string of the molecule is O=C(OCCN1CCCCC1=O)C1=Cc2ncccc2NC1. The number of anilines is 1. The van der Waals surface area contributed by atoms with E-state index >= 15 is 0 Å². The number of likely N-dealkylation sites (tertiary alicyclic amines) is 1. The summed E-state index contributed by atoms with van der Waals surface area (Å²) in [4.78, 5) is 29.7. The van der Waals surface area contributed by atoms with Gasteiger partial charge >= 0.3 is 5.97 Å². The van der Waals surface area contributed by atoms with Crippen molar-refractivity contribution in [2.75, 3.05) is 31.6 Å². The van der Waals surface area contributed by atoms with Crippen LogP contribution in [0, 0.1) is 0 Å². The molecule has 0 bridgehead atoms. The van der Waals surface area contributed by atoms with Crippen molar-refractivity contribution in [3.63, 3.8) is 0 Å². The van der Waals surface area contributed by atoms with Gasteiger partial charge in [0.1, 0.15) is 6.61 Å². The molecule has 0 radical (unpaired) electrons. The van der Waals surface area contributed by atoms with Crippen molar-refractivity contribution in [2.45, 2.75) is 19.3 Å². The predicted molar refractivity (Wildman–Crippen MR) is 82.1 cm³/mol. The van der Waals surface area contributed by atoms with Gasteiger partial charge in [0.05, 0.1) is 23.5 Å². The van der Waals surface area contributed by atoms with E-state index in [1.165, 1.54) is 0 Å². The number of fused-ring (bicyclic) bond motifs is 1. The van der Waals surface area contributed by atoms with Crippen LogP contribution in [0.5, 0.6) is 0 Å². The van der Waals surface area contributed by atoms with Crippen molar-refractivity contribution >= 4 is 23.6 Å². The lowest BCUT2D eigenvalue weighted by Crippen LogP contribution is -2.38. The van der Waals surface area contributed by atoms with E-state index in [9.17, 15) is 9.59 Å². The monoisotopic (exact) mass is 301 g/mol. The van der Waals surface area contributed by atoms with Crippen molar-refractivity contribution in [3.8, 4) is 0 Å². The minimum absolute atomic E-state index is 0.152. The third-order valence-corrected chi connectivity index (χ3v) is 3.90. The van der Waals surface area contributed by atoms with Crippen LogP contribution in [0.25, 0.3) is 6.08 Å². The lowest BCUT2D eigenvalue weighted by Gasteiger charge is -2.26. The number of nitrogens with one attached hydrogen (secondary N) is 1. The van der Waals surface area contributed by atoms with Crippen molar-refractivity contribution in [3.05, 3.63) is 29.6 Å². The maximum Gasteiger partial charge on any atom is 0.335 e. The molecule has 1 N–H and O–H groups in total. The zero-order valence-corrected chi connectivity index (χ0v) is 12.4. The molecule has 116 valence electrons. The molecule has 3 heterocycles. The fourth-order valence-electron chi connectivity index (χ4n) is 2.66. The lowest BCUT2D eigenvalue weighted by atomic mass is 10.1. The van der Waals surface area contributed by atoms with Gasteiger partial charge in [0.2, 0.25) is 5.91 Å². The Bertz CT molecular complexity index is 612. The number of pyridine rings is 1. The van der Waals surface area contributed by atoms with Crippen molar-refractivity contribution in [1.29, 1.82) is 0 Å². The van der Waals surface area contributed by atoms with Gasteiger partial charge in [-0.1, -0.05) is 0 Å². The summed E-state index contributed by atoms with van der Waals surface area (Å²) in [6.45, 7) is 1.90. The summed E-state index contributed by atoms with van der Waals surface area (Å²) in [6, 6.07) is 3.77. The van der Waals surface area contributed by atoms with Crippen LogP contribution in [0.15, 0.2) is 23.9 Å². The number of carbonyl (C=O) groups excluding carboxylic acids is 2. The second-order valence-electron chi connectivity index (χ2n) is 5.43. The highest BCUT2D eigenvalue weighted by atomic mass is 16.5. The molecule has 0 aliphatic carbocycles. The second-order valence-corrected chi connectivity index (χ2v) is 5.43. The van der Waals surface area contributed by atoms with Crippen LogP contribution < -0.4 is 5.32 Å². The molecule has 6 heteroatoms. The molecule has 0 atom stereocenters. The van der Waals surface area contributed by atoms with Crippen LogP contribution in [0.1, 0.15) is 25.0 Å². The molecule has 3 rings (SSSR count). The first kappa shape index (κ1) is 14.6. The number of ether oxygens (including phenoxy) is 1. The van der Waals surface area contributed by atoms with E-state index in [0.717, 1.165) is 30.8 Å². The number of carbonyl (C=O) groups is 2. The summed E-state index contributed by atoms with van der Waals surface area (Å²) in [5.41, 5.74) is 2.21. The number of rotatable bonds is 4. The standard InChI is InChI=1S/C16H19N3O3/c20-15-5-1-2-7-19(15)8-9-22-16(21)12-10-14-13(18-11-12)4-3-6-17-14/h3-4,6,10,18H,1-2,5,7-9,11H2. The molecule has 0 aromatic carbocycles. The molecule has 0 unspecified atom stereocenters. The first-order chi connectivity index (χ1) is 10.7. The average Bonchev–Trinajstić information content (AvgIpc) is 2.56. The van der Waals surface area contributed by atoms with E-state index in [1.54, 1.807) is 17.2 Å². The zero-order chi connectivity index (χ0) is 15.4. The number of amides is 1. The predicted octanol–water partition coefficient (Wildman–Crippen LogP) is 1.45. The molecule has 0 spiro atoms. The van der Waals surface area contributed by atoms with E-state index in [2.05, 4.69) is 10.3 Å². The van der Waals surface area contributed by atoms with E-state index in [1.807, 2.05) is 12.1 Å². The quantitative estimate of drug-likeness (QED) is 0.852. The Hall–Kier alpha value is -2.37. The third kappa shape index (κ3) is 3.27. The number of aromatic nitrogens is 1. The normalized spacial score (nSPS) is 17.4. The highest BCUT2D eigenvalue weighted by Gasteiger charge is 2.20. The van der Waals surface area contributed by atoms with Crippen LogP contribution in [0.4, 0.5) is 5.69 Å². The highest BCUT2D eigenvalue weighted by molar-refractivity contribution is 5.96. The summed E-state index contributed by atoms with van der Waals surface area (Å²) in [7, 11) is 0. The van der Waals surface area contributed by atoms with Gasteiger partial charge < -0.3 is 15.0 Å². The minimum Gasteiger partial charge on any atom is -0.460 e. The fraction of sp³-hybridized carbons (Fsp3) is 0.438. The molecule has 2 aliphatic heterocycles. The molecule has 1 aromatic rings. The number of nitrogens with zero attached hydrogens (tertiary/aromatic N) is 2. The van der Waals surface area contributed by atoms with Gasteiger partial charge in [-0.25, -0.2) is 4.79 Å². The van der Waals surface area contributed by atoms with Crippen LogP contribution in [0.2, 0.25) is 0 Å². The fourth-order valence-corrected chi connectivity index (χ4v) is 2.66. The zero-order valence-electron chi connectivity index (χ0n) is 12.4. The minimum atomic E-state index is -0.353. The van der Waals surface area contributed by atoms with E-state index in [4.69, 9.17) is 4.74 Å². The van der Waals surface area contributed by atoms with Gasteiger partial charge in [-0.3, -0.25) is 9.78 Å². The summed E-state index contributed by atoms with van der Waals surface area (Å²) < 4.78 is 5.28. The average molecular weight is 301 g/mol. The maximum atomic E-state index is 12.1. The number of hydrogen-bond donors (Lipinski definition) is 1. The summed E-state index contributed by atoms with van der Waals surface area (Å²) >= 11 is 0. The molecule has 6 nitrogen and oxygen atoms in total. The first-order valence-electron chi connectivity index (χ1n) is 7.58. The molecular weight excluding hydrogens is 282 g/mol. The van der Waals surface area contributed by atoms with E-state index in [0.29, 0.717) is 25.1 Å². The molecular formula is C16H19N3O3. The van der Waals surface area contributed by atoms with Crippen LogP contribution in [-0.2, 0) is 14.3 Å². The Balaban J connectivity index is 1.52. The van der Waals surface area contributed by atoms with Gasteiger partial charge in [0, 0.05) is 25.7 Å². The van der Waals surface area contributed by atoms with Crippen molar-refractivity contribution < 1.29 is 14.3 Å². The molecule has 1 fully saturated rings. The van der Waals surface area contributed by atoms with Gasteiger partial charge in [-0.15, -0.1) is 0 Å². The van der Waals surface area contributed by atoms with Crippen LogP contribution in [-0.4, -0.2) is 48.0 Å². The molecule has 22 heavy (non-hydrogen) atoms. The Morgan fingerprint density at radius 3 is 3.18 bits per heavy atom. The largest absolute Gasteiger partial charge is 0.460 e. The van der Waals surface area contributed by atoms with Crippen molar-refractivity contribution in [1.82, 2.24) is 9.88 Å². The highest BCUT2D eigenvalue weighted by Crippen LogP contribution is 2.21. The first-order valence-corrected chi connectivity index (χ1v) is 7.58. The molecule has 1 aromatic heterocycles. The number of piperidine rings is 1. The number of hydrogen-bond acceptors (Lipinski definition) is 5. The van der Waals surface area contributed by atoms with Crippen LogP contribution >= 0.6 is 0 Å². The van der Waals surface area contributed by atoms with Crippen LogP contribution in [0.3, 0.4) is 0 Å². The second kappa shape index (κ2) is 6.60. The molecule has 1 saturated heterocycles. The summed E-state index contributed by atoms with van der Waals surface area (Å²) in [5, 5.41) is 3.14. The summed E-state index contributed by atoms with van der Waals surface area (Å²) in [5.74, 6) is -0.202. The van der Waals surface area contributed by atoms with Gasteiger partial charge in [0.15, 0.2) is 0 Å². The Kier molecular flexibility index (Phi) is 4.37. The number of esters is 1. The Morgan fingerprint density at radius 1 is 1.41 bits per heavy atom. The van der Waals surface area contributed by atoms with E-state index in [-0.39, 0.29) is 18.5 Å². The Labute approximate surface area is 129 Å². The molecule has 2 aliphatic rings. The van der Waals surface area contributed by atoms with Gasteiger partial charge in [-0.05, 0) is 31.1 Å². The third-order valence-electron chi connectivity index (χ3n) is 3.90. The smallest absolute Gasteiger partial charge is 0.335 e. The Morgan fingerprint density at radius 2 is 2.32 bits per heavy atom. The van der Waals surface area contributed by atoms with Gasteiger partial charge in [-0.2, -0.15) is 0 Å². The molecule has 0 saturated carbocycles. The van der Waals surface area contributed by atoms with Crippen molar-refractivity contribution in [2.24, 2.45) is 0 Å². The van der Waals surface area contributed by atoms with Gasteiger partial charge in [0.25, 0.3) is 0 Å². The van der Waals surface area contributed by atoms with E-state index < -0.39 is 0 Å². The lowest BCUT2D eigenvalue weighted by molar-refractivity contribution is -0.142. The summed E-state index contributed by atoms with van der Waals surface area (Å²) in [6.07, 6.45) is 6.02. The molecule has 1 amide bonds.